The normalized spacial score (nSPS) is 11.1. The first kappa shape index (κ1) is 19.1. The van der Waals surface area contributed by atoms with Crippen LogP contribution in [0.4, 0.5) is 0 Å². The minimum atomic E-state index is -0.224. The molecular weight excluding hydrogens is 392 g/mol. The molecule has 2 N–H and O–H groups in total. The van der Waals surface area contributed by atoms with E-state index in [0.717, 1.165) is 41.2 Å². The number of hydrogen-bond donors (Lipinski definition) is 2. The molecule has 0 bridgehead atoms. The molecule has 150 valence electrons. The molecule has 1 aromatic carbocycles. The lowest BCUT2D eigenvalue weighted by Gasteiger charge is -2.06. The predicted molar refractivity (Wildman–Crippen MR) is 108 cm³/mol. The van der Waals surface area contributed by atoms with Crippen molar-refractivity contribution in [2.24, 2.45) is 0 Å². The number of aromatic amines is 1. The monoisotopic (exact) mass is 412 g/mol. The molecule has 0 aliphatic carbocycles. The highest BCUT2D eigenvalue weighted by atomic mass is 32.1. The highest BCUT2D eigenvalue weighted by Crippen LogP contribution is 2.24. The summed E-state index contributed by atoms with van der Waals surface area (Å²) in [7, 11) is 0. The number of nitrogens with zero attached hydrogens (tertiary/aromatic N) is 1. The minimum Gasteiger partial charge on any atom is -0.494 e. The van der Waals surface area contributed by atoms with Crippen LogP contribution in [0.2, 0.25) is 0 Å². The van der Waals surface area contributed by atoms with Crippen molar-refractivity contribution in [3.8, 4) is 23.3 Å². The second-order valence-electron chi connectivity index (χ2n) is 6.57. The largest absolute Gasteiger partial charge is 0.494 e. The number of aromatic hydroxyl groups is 1. The van der Waals surface area contributed by atoms with Crippen molar-refractivity contribution in [3.63, 3.8) is 0 Å². The van der Waals surface area contributed by atoms with E-state index in [2.05, 4.69) is 9.97 Å². The van der Waals surface area contributed by atoms with Gasteiger partial charge in [0.15, 0.2) is 5.76 Å². The van der Waals surface area contributed by atoms with Crippen LogP contribution in [0.15, 0.2) is 56.3 Å². The van der Waals surface area contributed by atoms with E-state index in [9.17, 15) is 9.90 Å². The van der Waals surface area contributed by atoms with Gasteiger partial charge in [0, 0.05) is 0 Å². The molecule has 0 fully saturated rings. The van der Waals surface area contributed by atoms with Crippen molar-refractivity contribution in [2.75, 3.05) is 0 Å². The molecule has 0 saturated heterocycles. The molecule has 0 spiro atoms. The number of benzene rings is 1. The summed E-state index contributed by atoms with van der Waals surface area (Å²) < 4.78 is 16.8. The van der Waals surface area contributed by atoms with Crippen molar-refractivity contribution in [2.45, 2.75) is 32.8 Å². The Kier molecular flexibility index (Phi) is 5.53. The minimum absolute atomic E-state index is 0.0119. The Morgan fingerprint density at radius 3 is 2.72 bits per heavy atom. The fourth-order valence-electron chi connectivity index (χ4n) is 2.95. The Hall–Kier alpha value is -3.26. The fourth-order valence-corrected chi connectivity index (χ4v) is 3.71. The topological polar surface area (TPSA) is 101 Å². The average molecular weight is 412 g/mol. The van der Waals surface area contributed by atoms with Gasteiger partial charge in [0.2, 0.25) is 5.88 Å². The van der Waals surface area contributed by atoms with Gasteiger partial charge >= 0.3 is 4.87 Å². The number of H-pyrrole nitrogens is 1. The lowest BCUT2D eigenvalue weighted by molar-refractivity contribution is 0.299. The molecule has 4 rings (SSSR count). The van der Waals surface area contributed by atoms with Gasteiger partial charge in [-0.05, 0) is 56.0 Å². The van der Waals surface area contributed by atoms with Gasteiger partial charge in [0.25, 0.3) is 5.89 Å². The first-order chi connectivity index (χ1) is 14.1. The smallest absolute Gasteiger partial charge is 0.307 e. The zero-order chi connectivity index (χ0) is 20.2. The van der Waals surface area contributed by atoms with Crippen molar-refractivity contribution in [1.29, 1.82) is 0 Å². The molecule has 0 atom stereocenters. The first-order valence-electron chi connectivity index (χ1n) is 9.21. The number of aryl methyl sites for hydroxylation is 3. The molecule has 0 aliphatic rings. The van der Waals surface area contributed by atoms with E-state index in [0.29, 0.717) is 35.3 Å². The lowest BCUT2D eigenvalue weighted by Crippen LogP contribution is -1.98. The van der Waals surface area contributed by atoms with E-state index in [1.54, 1.807) is 18.4 Å². The van der Waals surface area contributed by atoms with Crippen molar-refractivity contribution in [3.05, 3.63) is 74.2 Å². The van der Waals surface area contributed by atoms with Gasteiger partial charge in [0.1, 0.15) is 23.8 Å². The molecule has 3 heterocycles. The molecule has 29 heavy (non-hydrogen) atoms. The molecular formula is C21H20N2O5S. The van der Waals surface area contributed by atoms with Crippen LogP contribution in [0.3, 0.4) is 0 Å². The number of furan rings is 1. The van der Waals surface area contributed by atoms with Gasteiger partial charge in [-0.25, -0.2) is 4.98 Å². The summed E-state index contributed by atoms with van der Waals surface area (Å²) >= 11 is 1.06. The Labute approximate surface area is 170 Å². The summed E-state index contributed by atoms with van der Waals surface area (Å²) in [4.78, 5) is 18.5. The van der Waals surface area contributed by atoms with Crippen LogP contribution in [0, 0.1) is 6.92 Å². The fraction of sp³-hybridized carbons (Fsp3) is 0.238. The second-order valence-corrected chi connectivity index (χ2v) is 7.64. The molecule has 0 unspecified atom stereocenters. The van der Waals surface area contributed by atoms with Crippen LogP contribution >= 0.6 is 11.3 Å². The van der Waals surface area contributed by atoms with E-state index in [1.165, 1.54) is 0 Å². The summed E-state index contributed by atoms with van der Waals surface area (Å²) in [6.07, 6.45) is 3.93. The standard InChI is InChI=1S/C21H20N2O5S/c1-13-16(22-20(28-13)17-5-3-11-26-17)12-27-15-9-7-14(8-10-15)4-2-6-18-19(24)23-21(25)29-18/h3,5,7-11,24H,2,4,6,12H2,1H3,(H,23,25). The van der Waals surface area contributed by atoms with Crippen molar-refractivity contribution >= 4 is 11.3 Å². The number of nitrogens with one attached hydrogen (secondary N) is 1. The van der Waals surface area contributed by atoms with E-state index >= 15 is 0 Å². The van der Waals surface area contributed by atoms with Crippen LogP contribution in [-0.2, 0) is 19.4 Å². The summed E-state index contributed by atoms with van der Waals surface area (Å²) in [5.41, 5.74) is 1.89. The molecule has 0 amide bonds. The third-order valence-corrected chi connectivity index (χ3v) is 5.42. The molecule has 8 heteroatoms. The zero-order valence-corrected chi connectivity index (χ0v) is 16.6. The quantitative estimate of drug-likeness (QED) is 0.443. The van der Waals surface area contributed by atoms with Gasteiger partial charge in [-0.15, -0.1) is 0 Å². The molecule has 0 aliphatic heterocycles. The van der Waals surface area contributed by atoms with E-state index < -0.39 is 0 Å². The van der Waals surface area contributed by atoms with Crippen LogP contribution in [0.1, 0.15) is 28.3 Å². The summed E-state index contributed by atoms with van der Waals surface area (Å²) in [5, 5.41) is 9.61. The Morgan fingerprint density at radius 2 is 2.03 bits per heavy atom. The lowest BCUT2D eigenvalue weighted by atomic mass is 10.1. The number of aromatic nitrogens is 2. The highest BCUT2D eigenvalue weighted by molar-refractivity contribution is 7.09. The maximum Gasteiger partial charge on any atom is 0.307 e. The summed E-state index contributed by atoms with van der Waals surface area (Å²) in [5.74, 6) is 2.46. The average Bonchev–Trinajstić information content (AvgIpc) is 3.42. The van der Waals surface area contributed by atoms with Gasteiger partial charge in [-0.3, -0.25) is 9.78 Å². The van der Waals surface area contributed by atoms with E-state index in [-0.39, 0.29) is 10.8 Å². The van der Waals surface area contributed by atoms with Crippen molar-refractivity contribution in [1.82, 2.24) is 9.97 Å². The van der Waals surface area contributed by atoms with E-state index in [4.69, 9.17) is 13.6 Å². The van der Waals surface area contributed by atoms with Crippen LogP contribution < -0.4 is 9.61 Å². The van der Waals surface area contributed by atoms with Gasteiger partial charge in [-0.1, -0.05) is 23.5 Å². The van der Waals surface area contributed by atoms with Gasteiger partial charge < -0.3 is 18.7 Å². The van der Waals surface area contributed by atoms with Crippen LogP contribution in [-0.4, -0.2) is 15.1 Å². The molecule has 0 saturated carbocycles. The second kappa shape index (κ2) is 8.40. The number of rotatable bonds is 8. The van der Waals surface area contributed by atoms with Crippen LogP contribution in [0.5, 0.6) is 11.6 Å². The predicted octanol–water partition coefficient (Wildman–Crippen LogP) is 4.45. The first-order valence-corrected chi connectivity index (χ1v) is 10.0. The van der Waals surface area contributed by atoms with Gasteiger partial charge in [-0.2, -0.15) is 0 Å². The van der Waals surface area contributed by atoms with E-state index in [1.807, 2.05) is 31.2 Å². The SMILES string of the molecule is Cc1oc(-c2ccco2)nc1COc1ccc(CCCc2sc(=O)[nH]c2O)cc1. The molecule has 7 nitrogen and oxygen atoms in total. The summed E-state index contributed by atoms with van der Waals surface area (Å²) in [6.45, 7) is 2.15. The van der Waals surface area contributed by atoms with Crippen LogP contribution in [0.25, 0.3) is 11.7 Å². The number of hydrogen-bond acceptors (Lipinski definition) is 7. The summed E-state index contributed by atoms with van der Waals surface area (Å²) in [6, 6.07) is 11.5. The third kappa shape index (κ3) is 4.60. The zero-order valence-electron chi connectivity index (χ0n) is 15.8. The molecule has 0 radical (unpaired) electrons. The van der Waals surface area contributed by atoms with Crippen molar-refractivity contribution < 1.29 is 18.7 Å². The van der Waals surface area contributed by atoms with Gasteiger partial charge in [0.05, 0.1) is 11.1 Å². The number of ether oxygens (including phenoxy) is 1. The number of oxazole rings is 1. The Morgan fingerprint density at radius 1 is 1.21 bits per heavy atom. The maximum absolute atomic E-state index is 11.2. The Bertz CT molecular complexity index is 1120. The highest BCUT2D eigenvalue weighted by Gasteiger charge is 2.14. The number of thiazole rings is 1. The maximum atomic E-state index is 11.2. The Balaban J connectivity index is 1.29. The third-order valence-electron chi connectivity index (χ3n) is 4.49. The molecule has 3 aromatic heterocycles. The molecule has 4 aromatic rings.